The van der Waals surface area contributed by atoms with E-state index >= 15 is 0 Å². The molecule has 4 heteroatoms. The molecule has 0 heterocycles. The van der Waals surface area contributed by atoms with Gasteiger partial charge in [0.25, 0.3) is 0 Å². The third-order valence-electron chi connectivity index (χ3n) is 3.47. The number of carbonyl (C=O) groups is 1. The Bertz CT molecular complexity index is 243. The molecule has 0 N–H and O–H groups in total. The summed E-state index contributed by atoms with van der Waals surface area (Å²) in [5.41, 5.74) is -0.234. The molecule has 2 nitrogen and oxygen atoms in total. The van der Waals surface area contributed by atoms with Crippen LogP contribution in [0.2, 0.25) is 19.6 Å². The quantitative estimate of drug-likeness (QED) is 0.607. The molecule has 0 atom stereocenters. The molecule has 0 saturated heterocycles. The van der Waals surface area contributed by atoms with Crippen LogP contribution in [0, 0.1) is 0 Å². The lowest BCUT2D eigenvalue weighted by atomic mass is 9.99. The molecule has 0 aromatic rings. The van der Waals surface area contributed by atoms with Crippen molar-refractivity contribution in [1.82, 2.24) is 4.57 Å². The lowest BCUT2D eigenvalue weighted by Gasteiger charge is -2.46. The molecule has 0 aliphatic heterocycles. The summed E-state index contributed by atoms with van der Waals surface area (Å²) in [4.78, 5) is 11.9. The Balaban J connectivity index is 3.02. The van der Waals surface area contributed by atoms with Crippen LogP contribution in [-0.2, 0) is 4.79 Å². The van der Waals surface area contributed by atoms with Crippen LogP contribution in [-0.4, -0.2) is 30.0 Å². The summed E-state index contributed by atoms with van der Waals surface area (Å²) in [5, 5.41) is 0.0873. The molecule has 0 amide bonds. The van der Waals surface area contributed by atoms with E-state index in [0.717, 1.165) is 19.4 Å². The largest absolute Gasteiger partial charge is 0.312 e. The SMILES string of the molecule is CCN(C1(C(=O)S)CCCC1)[Si](C)(C)C. The normalized spacial score (nSPS) is 20.9. The van der Waals surface area contributed by atoms with Crippen LogP contribution in [0.25, 0.3) is 0 Å². The zero-order valence-electron chi connectivity index (χ0n) is 10.3. The Labute approximate surface area is 99.9 Å². The highest BCUT2D eigenvalue weighted by atomic mass is 32.1. The van der Waals surface area contributed by atoms with Crippen LogP contribution in [0.4, 0.5) is 0 Å². The highest BCUT2D eigenvalue weighted by Gasteiger charge is 2.47. The van der Waals surface area contributed by atoms with E-state index in [1.807, 2.05) is 0 Å². The minimum atomic E-state index is -1.42. The maximum Gasteiger partial charge on any atom is 0.205 e. The Morgan fingerprint density at radius 1 is 1.33 bits per heavy atom. The summed E-state index contributed by atoms with van der Waals surface area (Å²) < 4.78 is 2.46. The van der Waals surface area contributed by atoms with E-state index < -0.39 is 8.24 Å². The van der Waals surface area contributed by atoms with Crippen molar-refractivity contribution in [2.75, 3.05) is 6.54 Å². The number of thiol groups is 1. The van der Waals surface area contributed by atoms with Crippen LogP contribution in [0.3, 0.4) is 0 Å². The molecule has 88 valence electrons. The first-order chi connectivity index (χ1) is 6.84. The molecule has 0 unspecified atom stereocenters. The fourth-order valence-electron chi connectivity index (χ4n) is 2.98. The van der Waals surface area contributed by atoms with Crippen molar-refractivity contribution in [3.8, 4) is 0 Å². The second kappa shape index (κ2) is 4.59. The van der Waals surface area contributed by atoms with Gasteiger partial charge in [-0.1, -0.05) is 39.4 Å². The van der Waals surface area contributed by atoms with Gasteiger partial charge in [-0.2, -0.15) is 0 Å². The van der Waals surface area contributed by atoms with Crippen LogP contribution in [0.1, 0.15) is 32.6 Å². The molecule has 0 bridgehead atoms. The van der Waals surface area contributed by atoms with E-state index in [1.54, 1.807) is 0 Å². The number of hydrogen-bond acceptors (Lipinski definition) is 2. The number of nitrogens with zero attached hydrogens (tertiary/aromatic N) is 1. The highest BCUT2D eigenvalue weighted by Crippen LogP contribution is 2.39. The van der Waals surface area contributed by atoms with Gasteiger partial charge in [-0.05, 0) is 19.4 Å². The number of carbonyl (C=O) groups excluding carboxylic acids is 1. The van der Waals surface area contributed by atoms with Gasteiger partial charge in [-0.3, -0.25) is 4.79 Å². The Morgan fingerprint density at radius 2 is 1.80 bits per heavy atom. The zero-order chi connectivity index (χ0) is 11.7. The van der Waals surface area contributed by atoms with Crippen molar-refractivity contribution in [1.29, 1.82) is 0 Å². The molecule has 1 aliphatic rings. The average molecular weight is 245 g/mol. The average Bonchev–Trinajstić information content (AvgIpc) is 2.52. The Morgan fingerprint density at radius 3 is 2.07 bits per heavy atom. The fraction of sp³-hybridized carbons (Fsp3) is 0.909. The summed E-state index contributed by atoms with van der Waals surface area (Å²) in [6, 6.07) is 0. The molecule has 15 heavy (non-hydrogen) atoms. The monoisotopic (exact) mass is 245 g/mol. The van der Waals surface area contributed by atoms with Gasteiger partial charge in [0.15, 0.2) is 0 Å². The van der Waals surface area contributed by atoms with E-state index in [2.05, 4.69) is 43.8 Å². The summed E-state index contributed by atoms with van der Waals surface area (Å²) in [6.45, 7) is 10.1. The Kier molecular flexibility index (Phi) is 4.06. The first-order valence-electron chi connectivity index (χ1n) is 5.86. The van der Waals surface area contributed by atoms with Gasteiger partial charge in [0.2, 0.25) is 5.12 Å². The maximum atomic E-state index is 11.9. The van der Waals surface area contributed by atoms with Gasteiger partial charge in [0, 0.05) is 0 Å². The van der Waals surface area contributed by atoms with E-state index in [9.17, 15) is 4.79 Å². The molecule has 0 aromatic heterocycles. The summed E-state index contributed by atoms with van der Waals surface area (Å²) in [7, 11) is -1.42. The lowest BCUT2D eigenvalue weighted by Crippen LogP contribution is -2.61. The number of likely N-dealkylation sites (N-methyl/N-ethyl adjacent to an activating group) is 1. The number of hydrogen-bond donors (Lipinski definition) is 1. The van der Waals surface area contributed by atoms with Crippen molar-refractivity contribution < 1.29 is 4.79 Å². The van der Waals surface area contributed by atoms with Gasteiger partial charge in [-0.25, -0.2) is 0 Å². The predicted molar refractivity (Wildman–Crippen MR) is 70.9 cm³/mol. The van der Waals surface area contributed by atoms with Crippen LogP contribution >= 0.6 is 12.6 Å². The first-order valence-corrected chi connectivity index (χ1v) is 9.75. The van der Waals surface area contributed by atoms with Gasteiger partial charge in [0.1, 0.15) is 8.24 Å². The smallest absolute Gasteiger partial charge is 0.205 e. The van der Waals surface area contributed by atoms with E-state index in [4.69, 9.17) is 0 Å². The minimum absolute atomic E-state index is 0.0873. The van der Waals surface area contributed by atoms with Gasteiger partial charge in [-0.15, -0.1) is 12.6 Å². The highest BCUT2D eigenvalue weighted by molar-refractivity contribution is 7.96. The van der Waals surface area contributed by atoms with Crippen LogP contribution < -0.4 is 0 Å². The van der Waals surface area contributed by atoms with Crippen LogP contribution in [0.5, 0.6) is 0 Å². The van der Waals surface area contributed by atoms with Gasteiger partial charge in [0.05, 0.1) is 5.54 Å². The minimum Gasteiger partial charge on any atom is -0.312 e. The predicted octanol–water partition coefficient (Wildman–Crippen LogP) is 2.91. The second-order valence-corrected chi connectivity index (χ2v) is 10.7. The maximum absolute atomic E-state index is 11.9. The molecule has 1 saturated carbocycles. The molecule has 0 spiro atoms. The summed E-state index contributed by atoms with van der Waals surface area (Å²) in [5.74, 6) is 0. The summed E-state index contributed by atoms with van der Waals surface area (Å²) >= 11 is 4.15. The van der Waals surface area contributed by atoms with E-state index in [0.29, 0.717) is 0 Å². The molecule has 0 radical (unpaired) electrons. The van der Waals surface area contributed by atoms with Crippen molar-refractivity contribution >= 4 is 26.0 Å². The molecule has 0 aromatic carbocycles. The molecular formula is C11H23NOSSi. The molecule has 1 rings (SSSR count). The fourth-order valence-corrected chi connectivity index (χ4v) is 5.97. The second-order valence-electron chi connectivity index (χ2n) is 5.46. The van der Waals surface area contributed by atoms with Crippen molar-refractivity contribution in [3.63, 3.8) is 0 Å². The third kappa shape index (κ3) is 2.48. The first kappa shape index (κ1) is 13.3. The van der Waals surface area contributed by atoms with E-state index in [-0.39, 0.29) is 10.7 Å². The molecule has 1 aliphatic carbocycles. The lowest BCUT2D eigenvalue weighted by molar-refractivity contribution is -0.119. The topological polar surface area (TPSA) is 20.3 Å². The molecular weight excluding hydrogens is 222 g/mol. The standard InChI is InChI=1S/C11H23NOSSi/c1-5-12(15(2,3)4)11(10(13)14)8-6-7-9-11/h5-9H2,1-4H3,(H,13,14). The van der Waals surface area contributed by atoms with Crippen molar-refractivity contribution in [2.24, 2.45) is 0 Å². The van der Waals surface area contributed by atoms with Gasteiger partial charge < -0.3 is 4.57 Å². The zero-order valence-corrected chi connectivity index (χ0v) is 12.2. The molecule has 1 fully saturated rings. The Hall–Kier alpha value is 0.197. The van der Waals surface area contributed by atoms with Crippen LogP contribution in [0.15, 0.2) is 0 Å². The van der Waals surface area contributed by atoms with Crippen molar-refractivity contribution in [3.05, 3.63) is 0 Å². The summed E-state index contributed by atoms with van der Waals surface area (Å²) in [6.07, 6.45) is 4.36. The third-order valence-corrected chi connectivity index (χ3v) is 6.25. The van der Waals surface area contributed by atoms with E-state index in [1.165, 1.54) is 12.8 Å². The van der Waals surface area contributed by atoms with Gasteiger partial charge >= 0.3 is 0 Å². The van der Waals surface area contributed by atoms with Crippen molar-refractivity contribution in [2.45, 2.75) is 57.8 Å². The number of rotatable bonds is 4.